The molecule has 2 rings (SSSR count). The molecule has 0 saturated heterocycles. The number of nitro benzene ring substituents is 1. The summed E-state index contributed by atoms with van der Waals surface area (Å²) in [7, 11) is 0. The van der Waals surface area contributed by atoms with Gasteiger partial charge in [-0.05, 0) is 30.3 Å². The van der Waals surface area contributed by atoms with E-state index in [0.717, 1.165) is 4.47 Å². The molecule has 0 spiro atoms. The molecule has 18 heavy (non-hydrogen) atoms. The number of ether oxygens (including phenoxy) is 1. The van der Waals surface area contributed by atoms with Gasteiger partial charge in [0.15, 0.2) is 0 Å². The molecule has 0 heterocycles. The molecule has 0 aliphatic heterocycles. The van der Waals surface area contributed by atoms with Crippen LogP contribution in [0.15, 0.2) is 46.9 Å². The van der Waals surface area contributed by atoms with E-state index in [1.165, 1.54) is 18.2 Å². The number of hydrogen-bond acceptors (Lipinski definition) is 4. The number of anilines is 1. The molecule has 2 aromatic carbocycles. The Morgan fingerprint density at radius 1 is 1.11 bits per heavy atom. The van der Waals surface area contributed by atoms with Gasteiger partial charge in [0.05, 0.1) is 4.92 Å². The van der Waals surface area contributed by atoms with Gasteiger partial charge in [0, 0.05) is 16.6 Å². The first-order chi connectivity index (χ1) is 8.56. The molecule has 2 N–H and O–H groups in total. The Kier molecular flexibility index (Phi) is 3.47. The topological polar surface area (TPSA) is 78.4 Å². The molecule has 0 bridgehead atoms. The van der Waals surface area contributed by atoms with Crippen LogP contribution in [0.3, 0.4) is 0 Å². The molecule has 0 aliphatic carbocycles. The first-order valence-corrected chi connectivity index (χ1v) is 5.83. The van der Waals surface area contributed by atoms with Crippen molar-refractivity contribution in [3.8, 4) is 11.5 Å². The molecule has 0 radical (unpaired) electrons. The summed E-state index contributed by atoms with van der Waals surface area (Å²) in [6, 6.07) is 11.5. The van der Waals surface area contributed by atoms with E-state index in [1.807, 2.05) is 12.1 Å². The molecule has 0 fully saturated rings. The molecular formula is C12H9BrN2O3. The largest absolute Gasteiger partial charge is 0.457 e. The minimum absolute atomic E-state index is 0.0783. The van der Waals surface area contributed by atoms with Crippen LogP contribution in [0, 0.1) is 10.1 Å². The molecule has 0 aromatic heterocycles. The lowest BCUT2D eigenvalue weighted by molar-refractivity contribution is -0.383. The molecule has 6 heteroatoms. The van der Waals surface area contributed by atoms with E-state index in [1.54, 1.807) is 12.1 Å². The quantitative estimate of drug-likeness (QED) is 0.532. The zero-order valence-electron chi connectivity index (χ0n) is 9.17. The number of hydrogen-bond donors (Lipinski definition) is 1. The van der Waals surface area contributed by atoms with Crippen LogP contribution in [0.5, 0.6) is 11.5 Å². The minimum Gasteiger partial charge on any atom is -0.457 e. The van der Waals surface area contributed by atoms with Crippen LogP contribution >= 0.6 is 15.9 Å². The molecule has 0 aliphatic rings. The van der Waals surface area contributed by atoms with Crippen molar-refractivity contribution in [1.82, 2.24) is 0 Å². The van der Waals surface area contributed by atoms with Crippen LogP contribution in [0.2, 0.25) is 0 Å². The van der Waals surface area contributed by atoms with Crippen molar-refractivity contribution in [3.63, 3.8) is 0 Å². The highest BCUT2D eigenvalue weighted by molar-refractivity contribution is 9.10. The lowest BCUT2D eigenvalue weighted by Gasteiger charge is -2.06. The average molecular weight is 309 g/mol. The van der Waals surface area contributed by atoms with Gasteiger partial charge < -0.3 is 10.5 Å². The molecule has 0 unspecified atom stereocenters. The van der Waals surface area contributed by atoms with Crippen molar-refractivity contribution in [3.05, 3.63) is 57.1 Å². The van der Waals surface area contributed by atoms with Gasteiger partial charge in [-0.15, -0.1) is 0 Å². The highest BCUT2D eigenvalue weighted by atomic mass is 79.9. The molecule has 0 atom stereocenters. The van der Waals surface area contributed by atoms with E-state index in [4.69, 9.17) is 10.5 Å². The number of halogens is 1. The van der Waals surface area contributed by atoms with Crippen molar-refractivity contribution in [1.29, 1.82) is 0 Å². The normalized spacial score (nSPS) is 10.1. The lowest BCUT2D eigenvalue weighted by Crippen LogP contribution is -1.95. The van der Waals surface area contributed by atoms with Gasteiger partial charge >= 0.3 is 0 Å². The fourth-order valence-corrected chi connectivity index (χ4v) is 1.67. The lowest BCUT2D eigenvalue weighted by atomic mass is 10.2. The van der Waals surface area contributed by atoms with Gasteiger partial charge in [-0.25, -0.2) is 0 Å². The summed E-state index contributed by atoms with van der Waals surface area (Å²) in [6.07, 6.45) is 0. The highest BCUT2D eigenvalue weighted by Crippen LogP contribution is 2.29. The summed E-state index contributed by atoms with van der Waals surface area (Å²) in [5.41, 5.74) is 5.52. The first kappa shape index (κ1) is 12.4. The zero-order chi connectivity index (χ0) is 13.1. The van der Waals surface area contributed by atoms with Gasteiger partial charge in [-0.3, -0.25) is 10.1 Å². The second-order valence-corrected chi connectivity index (χ2v) is 4.45. The van der Waals surface area contributed by atoms with E-state index < -0.39 is 4.92 Å². The molecular weight excluding hydrogens is 300 g/mol. The number of nitrogens with zero attached hydrogens (tertiary/aromatic N) is 1. The number of nitro groups is 1. The standard InChI is InChI=1S/C12H9BrN2O3/c13-8-1-3-9(4-2-8)18-10-5-6-12(15(16)17)11(14)7-10/h1-7H,14H2. The smallest absolute Gasteiger partial charge is 0.292 e. The fourth-order valence-electron chi connectivity index (χ4n) is 1.40. The van der Waals surface area contributed by atoms with E-state index in [0.29, 0.717) is 11.5 Å². The Hall–Kier alpha value is -2.08. The van der Waals surface area contributed by atoms with Crippen LogP contribution < -0.4 is 10.5 Å². The van der Waals surface area contributed by atoms with Crippen LogP contribution in [0.1, 0.15) is 0 Å². The van der Waals surface area contributed by atoms with Gasteiger partial charge in [-0.2, -0.15) is 0 Å². The van der Waals surface area contributed by atoms with Gasteiger partial charge in [-0.1, -0.05) is 15.9 Å². The van der Waals surface area contributed by atoms with Crippen LogP contribution in [-0.4, -0.2) is 4.92 Å². The number of nitrogen functional groups attached to an aromatic ring is 1. The van der Waals surface area contributed by atoms with Gasteiger partial charge in [0.25, 0.3) is 5.69 Å². The average Bonchev–Trinajstić information content (AvgIpc) is 2.32. The number of rotatable bonds is 3. The van der Waals surface area contributed by atoms with Crippen LogP contribution in [-0.2, 0) is 0 Å². The number of benzene rings is 2. The van der Waals surface area contributed by atoms with Crippen molar-refractivity contribution in [2.24, 2.45) is 0 Å². The first-order valence-electron chi connectivity index (χ1n) is 5.03. The third-order valence-electron chi connectivity index (χ3n) is 2.25. The van der Waals surface area contributed by atoms with Crippen molar-refractivity contribution in [2.45, 2.75) is 0 Å². The second kappa shape index (κ2) is 5.05. The Labute approximate surface area is 111 Å². The Balaban J connectivity index is 2.22. The summed E-state index contributed by atoms with van der Waals surface area (Å²) >= 11 is 3.32. The monoisotopic (exact) mass is 308 g/mol. The van der Waals surface area contributed by atoms with Crippen LogP contribution in [0.25, 0.3) is 0 Å². The van der Waals surface area contributed by atoms with Crippen LogP contribution in [0.4, 0.5) is 11.4 Å². The summed E-state index contributed by atoms with van der Waals surface area (Å²) in [6.45, 7) is 0. The zero-order valence-corrected chi connectivity index (χ0v) is 10.8. The summed E-state index contributed by atoms with van der Waals surface area (Å²) in [4.78, 5) is 10.1. The summed E-state index contributed by atoms with van der Waals surface area (Å²) in [5.74, 6) is 1.09. The molecule has 0 saturated carbocycles. The molecule has 5 nitrogen and oxygen atoms in total. The van der Waals surface area contributed by atoms with E-state index in [-0.39, 0.29) is 11.4 Å². The van der Waals surface area contributed by atoms with Crippen molar-refractivity contribution >= 4 is 27.3 Å². The molecule has 2 aromatic rings. The maximum absolute atomic E-state index is 10.6. The predicted octanol–water partition coefficient (Wildman–Crippen LogP) is 3.73. The number of nitrogens with two attached hydrogens (primary N) is 1. The maximum Gasteiger partial charge on any atom is 0.292 e. The third kappa shape index (κ3) is 2.78. The van der Waals surface area contributed by atoms with E-state index in [9.17, 15) is 10.1 Å². The Morgan fingerprint density at radius 3 is 2.28 bits per heavy atom. The SMILES string of the molecule is Nc1cc(Oc2ccc(Br)cc2)ccc1[N+](=O)[O-]. The minimum atomic E-state index is -0.529. The Morgan fingerprint density at radius 2 is 1.72 bits per heavy atom. The predicted molar refractivity (Wildman–Crippen MR) is 71.7 cm³/mol. The Bertz CT molecular complexity index is 584. The second-order valence-electron chi connectivity index (χ2n) is 3.53. The molecule has 0 amide bonds. The van der Waals surface area contributed by atoms with Crippen molar-refractivity contribution in [2.75, 3.05) is 5.73 Å². The maximum atomic E-state index is 10.6. The molecule has 92 valence electrons. The third-order valence-corrected chi connectivity index (χ3v) is 2.77. The van der Waals surface area contributed by atoms with E-state index in [2.05, 4.69) is 15.9 Å². The van der Waals surface area contributed by atoms with Crippen molar-refractivity contribution < 1.29 is 9.66 Å². The fraction of sp³-hybridized carbons (Fsp3) is 0. The summed E-state index contributed by atoms with van der Waals surface area (Å²) < 4.78 is 6.47. The summed E-state index contributed by atoms with van der Waals surface area (Å²) in [5, 5.41) is 10.6. The van der Waals surface area contributed by atoms with Gasteiger partial charge in [0.2, 0.25) is 0 Å². The van der Waals surface area contributed by atoms with Gasteiger partial charge in [0.1, 0.15) is 17.2 Å². The van der Waals surface area contributed by atoms with E-state index >= 15 is 0 Å². The highest BCUT2D eigenvalue weighted by Gasteiger charge is 2.11.